The Kier molecular flexibility index (Phi) is 8.01. The number of ether oxygens (including phenoxy) is 1. The zero-order valence-corrected chi connectivity index (χ0v) is 13.6. The number of hydrogen-bond donors (Lipinski definition) is 2. The summed E-state index contributed by atoms with van der Waals surface area (Å²) in [4.78, 5) is 11.9. The summed E-state index contributed by atoms with van der Waals surface area (Å²) in [5.41, 5.74) is 2.56. The monoisotopic (exact) mass is 292 g/mol. The van der Waals surface area contributed by atoms with Gasteiger partial charge in [0.2, 0.25) is 5.91 Å². The second-order valence-electron chi connectivity index (χ2n) is 5.39. The Morgan fingerprint density at radius 3 is 2.48 bits per heavy atom. The number of carbonyl (C=O) groups is 1. The molecule has 0 bridgehead atoms. The van der Waals surface area contributed by atoms with Crippen LogP contribution in [0.4, 0.5) is 0 Å². The van der Waals surface area contributed by atoms with Crippen molar-refractivity contribution in [1.29, 1.82) is 0 Å². The van der Waals surface area contributed by atoms with E-state index in [2.05, 4.69) is 48.7 Å². The molecule has 2 unspecified atom stereocenters. The van der Waals surface area contributed by atoms with Gasteiger partial charge in [-0.3, -0.25) is 10.1 Å². The van der Waals surface area contributed by atoms with Crippen LogP contribution >= 0.6 is 0 Å². The molecule has 1 amide bonds. The number of nitrogens with one attached hydrogen (secondary N) is 2. The maximum Gasteiger partial charge on any atom is 0.236 e. The molecular weight excluding hydrogens is 264 g/mol. The predicted octanol–water partition coefficient (Wildman–Crippen LogP) is 2.44. The highest BCUT2D eigenvalue weighted by molar-refractivity contribution is 5.81. The van der Waals surface area contributed by atoms with Gasteiger partial charge < -0.3 is 10.1 Å². The number of aryl methyl sites for hydroxylation is 1. The van der Waals surface area contributed by atoms with Crippen LogP contribution in [0.2, 0.25) is 0 Å². The largest absolute Gasteiger partial charge is 0.383 e. The van der Waals surface area contributed by atoms with E-state index in [0.717, 1.165) is 12.8 Å². The molecule has 0 aliphatic rings. The Morgan fingerprint density at radius 1 is 1.24 bits per heavy atom. The molecule has 21 heavy (non-hydrogen) atoms. The summed E-state index contributed by atoms with van der Waals surface area (Å²) in [5.74, 6) is 0.00139. The summed E-state index contributed by atoms with van der Waals surface area (Å²) in [6.07, 6.45) is 2.27. The van der Waals surface area contributed by atoms with Gasteiger partial charge >= 0.3 is 0 Å². The van der Waals surface area contributed by atoms with Gasteiger partial charge in [-0.15, -0.1) is 0 Å². The molecule has 0 saturated carbocycles. The van der Waals surface area contributed by atoms with Crippen molar-refractivity contribution in [3.05, 3.63) is 35.4 Å². The molecule has 1 aromatic carbocycles. The van der Waals surface area contributed by atoms with Crippen molar-refractivity contribution < 1.29 is 9.53 Å². The number of methoxy groups -OCH3 is 1. The first-order valence-electron chi connectivity index (χ1n) is 7.70. The van der Waals surface area contributed by atoms with Crippen LogP contribution in [0.3, 0.4) is 0 Å². The summed E-state index contributed by atoms with van der Waals surface area (Å²) in [6, 6.07) is 8.52. The molecule has 2 atom stereocenters. The molecule has 0 fully saturated rings. The van der Waals surface area contributed by atoms with E-state index in [4.69, 9.17) is 4.74 Å². The average molecular weight is 292 g/mol. The fourth-order valence-electron chi connectivity index (χ4n) is 2.24. The van der Waals surface area contributed by atoms with Crippen molar-refractivity contribution in [2.45, 2.75) is 45.7 Å². The Morgan fingerprint density at radius 2 is 1.90 bits per heavy atom. The van der Waals surface area contributed by atoms with E-state index in [1.54, 1.807) is 7.11 Å². The second-order valence-corrected chi connectivity index (χ2v) is 5.39. The van der Waals surface area contributed by atoms with Crippen molar-refractivity contribution in [3.8, 4) is 0 Å². The van der Waals surface area contributed by atoms with Gasteiger partial charge in [0.1, 0.15) is 0 Å². The normalized spacial score (nSPS) is 13.7. The van der Waals surface area contributed by atoms with Crippen LogP contribution in [0, 0.1) is 0 Å². The van der Waals surface area contributed by atoms with E-state index in [1.807, 2.05) is 6.92 Å². The van der Waals surface area contributed by atoms with Crippen LogP contribution in [0.25, 0.3) is 0 Å². The fourth-order valence-corrected chi connectivity index (χ4v) is 2.24. The maximum absolute atomic E-state index is 11.9. The Balaban J connectivity index is 2.47. The molecule has 1 aromatic rings. The third-order valence-corrected chi connectivity index (χ3v) is 3.52. The van der Waals surface area contributed by atoms with E-state index in [-0.39, 0.29) is 18.0 Å². The van der Waals surface area contributed by atoms with Gasteiger partial charge in [0.25, 0.3) is 0 Å². The zero-order valence-electron chi connectivity index (χ0n) is 13.6. The molecule has 2 N–H and O–H groups in total. The molecule has 0 radical (unpaired) electrons. The lowest BCUT2D eigenvalue weighted by atomic mass is 10.0. The summed E-state index contributed by atoms with van der Waals surface area (Å²) >= 11 is 0. The highest BCUT2D eigenvalue weighted by Gasteiger charge is 2.15. The molecule has 0 aliphatic carbocycles. The quantitative estimate of drug-likeness (QED) is 0.687. The lowest BCUT2D eigenvalue weighted by Gasteiger charge is -2.20. The molecule has 0 aliphatic heterocycles. The average Bonchev–Trinajstić information content (AvgIpc) is 2.48. The Bertz CT molecular complexity index is 417. The SMILES string of the molecule is CCCc1ccc(C(C)NC(C)C(=O)NCCOC)cc1. The Labute approximate surface area is 128 Å². The summed E-state index contributed by atoms with van der Waals surface area (Å²) < 4.78 is 4.92. The van der Waals surface area contributed by atoms with Gasteiger partial charge in [-0.2, -0.15) is 0 Å². The van der Waals surface area contributed by atoms with Crippen LogP contribution in [-0.2, 0) is 16.0 Å². The second kappa shape index (κ2) is 9.53. The van der Waals surface area contributed by atoms with E-state index < -0.39 is 0 Å². The van der Waals surface area contributed by atoms with Crippen molar-refractivity contribution in [1.82, 2.24) is 10.6 Å². The van der Waals surface area contributed by atoms with Gasteiger partial charge in [0.15, 0.2) is 0 Å². The number of benzene rings is 1. The summed E-state index contributed by atoms with van der Waals surface area (Å²) in [7, 11) is 1.62. The molecule has 4 nitrogen and oxygen atoms in total. The van der Waals surface area contributed by atoms with E-state index in [0.29, 0.717) is 13.2 Å². The lowest BCUT2D eigenvalue weighted by molar-refractivity contribution is -0.123. The Hall–Kier alpha value is -1.39. The molecule has 1 rings (SSSR count). The minimum Gasteiger partial charge on any atom is -0.383 e. The molecule has 118 valence electrons. The first kappa shape index (κ1) is 17.7. The van der Waals surface area contributed by atoms with Crippen molar-refractivity contribution >= 4 is 5.91 Å². The highest BCUT2D eigenvalue weighted by atomic mass is 16.5. The van der Waals surface area contributed by atoms with Crippen molar-refractivity contribution in [2.75, 3.05) is 20.3 Å². The summed E-state index contributed by atoms with van der Waals surface area (Å²) in [5, 5.41) is 6.16. The molecule has 0 aromatic heterocycles. The van der Waals surface area contributed by atoms with Gasteiger partial charge in [-0.1, -0.05) is 37.6 Å². The molecule has 0 heterocycles. The van der Waals surface area contributed by atoms with Gasteiger partial charge in [-0.05, 0) is 31.4 Å². The van der Waals surface area contributed by atoms with Gasteiger partial charge in [-0.25, -0.2) is 0 Å². The van der Waals surface area contributed by atoms with Crippen LogP contribution in [-0.4, -0.2) is 32.2 Å². The topological polar surface area (TPSA) is 50.4 Å². The lowest BCUT2D eigenvalue weighted by Crippen LogP contribution is -2.44. The van der Waals surface area contributed by atoms with Crippen molar-refractivity contribution in [2.24, 2.45) is 0 Å². The van der Waals surface area contributed by atoms with Gasteiger partial charge in [0, 0.05) is 19.7 Å². The summed E-state index contributed by atoms with van der Waals surface area (Å²) in [6.45, 7) is 7.22. The van der Waals surface area contributed by atoms with Crippen LogP contribution < -0.4 is 10.6 Å². The number of amides is 1. The maximum atomic E-state index is 11.9. The predicted molar refractivity (Wildman–Crippen MR) is 86.3 cm³/mol. The highest BCUT2D eigenvalue weighted by Crippen LogP contribution is 2.15. The smallest absolute Gasteiger partial charge is 0.236 e. The fraction of sp³-hybridized carbons (Fsp3) is 0.588. The van der Waals surface area contributed by atoms with Crippen LogP contribution in [0.15, 0.2) is 24.3 Å². The number of hydrogen-bond acceptors (Lipinski definition) is 3. The molecule has 0 saturated heterocycles. The molecule has 0 spiro atoms. The van der Waals surface area contributed by atoms with E-state index >= 15 is 0 Å². The van der Waals surface area contributed by atoms with Crippen LogP contribution in [0.1, 0.15) is 44.4 Å². The minimum absolute atomic E-state index is 0.00139. The van der Waals surface area contributed by atoms with E-state index in [1.165, 1.54) is 11.1 Å². The molecule has 4 heteroatoms. The molecular formula is C17H28N2O2. The number of rotatable bonds is 9. The minimum atomic E-state index is -0.229. The van der Waals surface area contributed by atoms with E-state index in [9.17, 15) is 4.79 Å². The van der Waals surface area contributed by atoms with Crippen LogP contribution in [0.5, 0.6) is 0 Å². The third kappa shape index (κ3) is 6.27. The zero-order chi connectivity index (χ0) is 15.7. The first-order chi connectivity index (χ1) is 10.1. The van der Waals surface area contributed by atoms with Crippen molar-refractivity contribution in [3.63, 3.8) is 0 Å². The number of carbonyl (C=O) groups excluding carboxylic acids is 1. The third-order valence-electron chi connectivity index (χ3n) is 3.52. The standard InChI is InChI=1S/C17H28N2O2/c1-5-6-15-7-9-16(10-8-15)13(2)19-14(3)17(20)18-11-12-21-4/h7-10,13-14,19H,5-6,11-12H2,1-4H3,(H,18,20). The first-order valence-corrected chi connectivity index (χ1v) is 7.70. The van der Waals surface area contributed by atoms with Gasteiger partial charge in [0.05, 0.1) is 12.6 Å².